The Hall–Kier alpha value is -1.94. The van der Waals surface area contributed by atoms with Crippen LogP contribution in [0.2, 0.25) is 5.02 Å². The molecule has 19 heavy (non-hydrogen) atoms. The lowest BCUT2D eigenvalue weighted by atomic mass is 10.1. The van der Waals surface area contributed by atoms with Gasteiger partial charge in [0.2, 0.25) is 0 Å². The van der Waals surface area contributed by atoms with Gasteiger partial charge in [-0.1, -0.05) is 17.7 Å². The molecule has 1 N–H and O–H groups in total. The van der Waals surface area contributed by atoms with Crippen LogP contribution < -0.4 is 5.32 Å². The zero-order valence-electron chi connectivity index (χ0n) is 10.2. The van der Waals surface area contributed by atoms with Crippen LogP contribution in [0, 0.1) is 5.82 Å². The number of benzene rings is 1. The summed E-state index contributed by atoms with van der Waals surface area (Å²) < 4.78 is 12.9. The molecular formula is C14H12ClFN2O. The average Bonchev–Trinajstić information content (AvgIpc) is 2.39. The topological polar surface area (TPSA) is 42.0 Å². The van der Waals surface area contributed by atoms with E-state index in [1.165, 1.54) is 12.1 Å². The summed E-state index contributed by atoms with van der Waals surface area (Å²) in [6, 6.07) is 7.14. The van der Waals surface area contributed by atoms with Gasteiger partial charge in [0.05, 0.1) is 16.6 Å². The van der Waals surface area contributed by atoms with Crippen LogP contribution in [0.1, 0.15) is 28.9 Å². The SMILES string of the molecule is CC(NC(=O)c1ccc(F)cc1Cl)c1cccnc1. The van der Waals surface area contributed by atoms with Gasteiger partial charge in [0.15, 0.2) is 0 Å². The van der Waals surface area contributed by atoms with Crippen molar-refractivity contribution in [2.24, 2.45) is 0 Å². The molecule has 0 bridgehead atoms. The first-order chi connectivity index (χ1) is 9.08. The number of amides is 1. The van der Waals surface area contributed by atoms with Crippen molar-refractivity contribution < 1.29 is 9.18 Å². The molecule has 0 aliphatic heterocycles. The van der Waals surface area contributed by atoms with Crippen LogP contribution in [0.5, 0.6) is 0 Å². The molecule has 1 aromatic carbocycles. The third-order valence-corrected chi connectivity index (χ3v) is 3.02. The highest BCUT2D eigenvalue weighted by Crippen LogP contribution is 2.18. The third kappa shape index (κ3) is 3.29. The van der Waals surface area contributed by atoms with Gasteiger partial charge in [0.25, 0.3) is 5.91 Å². The summed E-state index contributed by atoms with van der Waals surface area (Å²) in [5.41, 5.74) is 1.13. The van der Waals surface area contributed by atoms with Gasteiger partial charge < -0.3 is 5.32 Å². The quantitative estimate of drug-likeness (QED) is 0.935. The molecule has 0 fully saturated rings. The highest BCUT2D eigenvalue weighted by atomic mass is 35.5. The smallest absolute Gasteiger partial charge is 0.253 e. The Morgan fingerprint density at radius 1 is 1.42 bits per heavy atom. The van der Waals surface area contributed by atoms with E-state index in [2.05, 4.69) is 10.3 Å². The molecule has 3 nitrogen and oxygen atoms in total. The highest BCUT2D eigenvalue weighted by Gasteiger charge is 2.14. The molecule has 0 spiro atoms. The van der Waals surface area contributed by atoms with E-state index in [4.69, 9.17) is 11.6 Å². The van der Waals surface area contributed by atoms with Crippen molar-refractivity contribution in [1.29, 1.82) is 0 Å². The fraction of sp³-hybridized carbons (Fsp3) is 0.143. The second-order valence-corrected chi connectivity index (χ2v) is 4.51. The fourth-order valence-corrected chi connectivity index (χ4v) is 1.92. The molecule has 1 unspecified atom stereocenters. The van der Waals surface area contributed by atoms with Gasteiger partial charge in [-0.2, -0.15) is 0 Å². The van der Waals surface area contributed by atoms with Crippen molar-refractivity contribution in [3.63, 3.8) is 0 Å². The van der Waals surface area contributed by atoms with Crippen LogP contribution >= 0.6 is 11.6 Å². The normalized spacial score (nSPS) is 11.9. The summed E-state index contributed by atoms with van der Waals surface area (Å²) in [4.78, 5) is 16.0. The summed E-state index contributed by atoms with van der Waals surface area (Å²) >= 11 is 5.84. The summed E-state index contributed by atoms with van der Waals surface area (Å²) in [6.07, 6.45) is 3.34. The van der Waals surface area contributed by atoms with E-state index in [-0.39, 0.29) is 22.5 Å². The predicted molar refractivity (Wildman–Crippen MR) is 71.5 cm³/mol. The Morgan fingerprint density at radius 3 is 2.84 bits per heavy atom. The molecule has 98 valence electrons. The molecule has 2 aromatic rings. The molecule has 2 rings (SSSR count). The van der Waals surface area contributed by atoms with Crippen molar-refractivity contribution in [3.05, 3.63) is 64.7 Å². The van der Waals surface area contributed by atoms with Crippen molar-refractivity contribution in [2.75, 3.05) is 0 Å². The number of nitrogens with one attached hydrogen (secondary N) is 1. The van der Waals surface area contributed by atoms with Gasteiger partial charge in [-0.05, 0) is 36.8 Å². The lowest BCUT2D eigenvalue weighted by Gasteiger charge is -2.14. The Labute approximate surface area is 115 Å². The van der Waals surface area contributed by atoms with Crippen LogP contribution in [0.4, 0.5) is 4.39 Å². The van der Waals surface area contributed by atoms with E-state index in [0.29, 0.717) is 0 Å². The Kier molecular flexibility index (Phi) is 4.12. The number of aromatic nitrogens is 1. The number of nitrogens with zero attached hydrogens (tertiary/aromatic N) is 1. The standard InChI is InChI=1S/C14H12ClFN2O/c1-9(10-3-2-6-17-8-10)18-14(19)12-5-4-11(16)7-13(12)15/h2-9H,1H3,(H,18,19). The molecule has 0 aliphatic rings. The first-order valence-corrected chi connectivity index (χ1v) is 6.11. The Morgan fingerprint density at radius 2 is 2.21 bits per heavy atom. The van der Waals surface area contributed by atoms with E-state index in [1.807, 2.05) is 13.0 Å². The largest absolute Gasteiger partial charge is 0.345 e. The van der Waals surface area contributed by atoms with Gasteiger partial charge in [-0.15, -0.1) is 0 Å². The van der Waals surface area contributed by atoms with E-state index < -0.39 is 5.82 Å². The summed E-state index contributed by atoms with van der Waals surface area (Å²) in [5.74, 6) is -0.816. The Bertz CT molecular complexity index is 589. The molecular weight excluding hydrogens is 267 g/mol. The van der Waals surface area contributed by atoms with Crippen LogP contribution in [0.3, 0.4) is 0 Å². The summed E-state index contributed by atoms with van der Waals surface area (Å²) in [5, 5.41) is 2.88. The lowest BCUT2D eigenvalue weighted by Crippen LogP contribution is -2.27. The minimum absolute atomic E-state index is 0.0934. The van der Waals surface area contributed by atoms with Crippen molar-refractivity contribution in [2.45, 2.75) is 13.0 Å². The molecule has 1 heterocycles. The number of carbonyl (C=O) groups is 1. The molecule has 5 heteroatoms. The number of carbonyl (C=O) groups excluding carboxylic acids is 1. The number of hydrogen-bond acceptors (Lipinski definition) is 2. The second-order valence-electron chi connectivity index (χ2n) is 4.11. The molecule has 0 aliphatic carbocycles. The first kappa shape index (κ1) is 13.5. The van der Waals surface area contributed by atoms with Crippen LogP contribution in [-0.2, 0) is 0 Å². The first-order valence-electron chi connectivity index (χ1n) is 5.74. The number of rotatable bonds is 3. The highest BCUT2D eigenvalue weighted by molar-refractivity contribution is 6.33. The predicted octanol–water partition coefficient (Wildman–Crippen LogP) is 3.37. The number of pyridine rings is 1. The third-order valence-electron chi connectivity index (χ3n) is 2.71. The van der Waals surface area contributed by atoms with Crippen molar-refractivity contribution in [1.82, 2.24) is 10.3 Å². The molecule has 1 aromatic heterocycles. The maximum atomic E-state index is 12.9. The van der Waals surface area contributed by atoms with Gasteiger partial charge in [0.1, 0.15) is 5.82 Å². The van der Waals surface area contributed by atoms with Crippen molar-refractivity contribution >= 4 is 17.5 Å². The Balaban J connectivity index is 2.13. The zero-order chi connectivity index (χ0) is 13.8. The molecule has 0 radical (unpaired) electrons. The van der Waals surface area contributed by atoms with E-state index in [1.54, 1.807) is 18.5 Å². The van der Waals surface area contributed by atoms with Gasteiger partial charge in [0, 0.05) is 12.4 Å². The van der Waals surface area contributed by atoms with Gasteiger partial charge in [-0.25, -0.2) is 4.39 Å². The molecule has 1 atom stereocenters. The molecule has 1 amide bonds. The number of halogens is 2. The maximum absolute atomic E-state index is 12.9. The van der Waals surface area contributed by atoms with E-state index in [9.17, 15) is 9.18 Å². The fourth-order valence-electron chi connectivity index (χ4n) is 1.66. The van der Waals surface area contributed by atoms with Gasteiger partial charge >= 0.3 is 0 Å². The van der Waals surface area contributed by atoms with Crippen LogP contribution in [0.15, 0.2) is 42.7 Å². The van der Waals surface area contributed by atoms with Crippen LogP contribution in [0.25, 0.3) is 0 Å². The molecule has 0 saturated heterocycles. The number of hydrogen-bond donors (Lipinski definition) is 1. The van der Waals surface area contributed by atoms with Crippen LogP contribution in [-0.4, -0.2) is 10.9 Å². The maximum Gasteiger partial charge on any atom is 0.253 e. The molecule has 0 saturated carbocycles. The minimum atomic E-state index is -0.471. The second kappa shape index (κ2) is 5.80. The summed E-state index contributed by atoms with van der Waals surface area (Å²) in [7, 11) is 0. The minimum Gasteiger partial charge on any atom is -0.345 e. The zero-order valence-corrected chi connectivity index (χ0v) is 11.0. The monoisotopic (exact) mass is 278 g/mol. The average molecular weight is 279 g/mol. The van der Waals surface area contributed by atoms with E-state index >= 15 is 0 Å². The van der Waals surface area contributed by atoms with E-state index in [0.717, 1.165) is 11.6 Å². The van der Waals surface area contributed by atoms with Gasteiger partial charge in [-0.3, -0.25) is 9.78 Å². The lowest BCUT2D eigenvalue weighted by molar-refractivity contribution is 0.0940. The van der Waals surface area contributed by atoms with Crippen molar-refractivity contribution in [3.8, 4) is 0 Å². The summed E-state index contributed by atoms with van der Waals surface area (Å²) in [6.45, 7) is 1.84.